The summed E-state index contributed by atoms with van der Waals surface area (Å²) < 4.78 is 38.7. The summed E-state index contributed by atoms with van der Waals surface area (Å²) in [7, 11) is 0. The summed E-state index contributed by atoms with van der Waals surface area (Å²) in [5.41, 5.74) is 2.20. The summed E-state index contributed by atoms with van der Waals surface area (Å²) in [6.07, 6.45) is -2.91. The number of fused-ring (bicyclic) bond motifs is 1. The second-order valence-corrected chi connectivity index (χ2v) is 5.34. The third-order valence-corrected chi connectivity index (χ3v) is 3.91. The number of alkyl halides is 3. The van der Waals surface area contributed by atoms with Gasteiger partial charge in [0.05, 0.1) is 11.3 Å². The molecule has 0 bridgehead atoms. The SMILES string of the molecule is CCc1ccc2[nH]c(-c3cccc(C(F)(F)F)c3)c(C=O)c2c1. The summed E-state index contributed by atoms with van der Waals surface area (Å²) in [5, 5.41) is 0.728. The lowest BCUT2D eigenvalue weighted by Gasteiger charge is -2.08. The van der Waals surface area contributed by atoms with Crippen molar-refractivity contribution in [3.8, 4) is 11.3 Å². The van der Waals surface area contributed by atoms with E-state index in [9.17, 15) is 18.0 Å². The van der Waals surface area contributed by atoms with Crippen LogP contribution in [0, 0.1) is 0 Å². The van der Waals surface area contributed by atoms with Crippen molar-refractivity contribution in [1.82, 2.24) is 4.98 Å². The summed E-state index contributed by atoms with van der Waals surface area (Å²) in [6.45, 7) is 2.00. The average Bonchev–Trinajstić information content (AvgIpc) is 2.91. The molecule has 0 spiro atoms. The second-order valence-electron chi connectivity index (χ2n) is 5.34. The smallest absolute Gasteiger partial charge is 0.354 e. The van der Waals surface area contributed by atoms with Gasteiger partial charge in [-0.1, -0.05) is 25.1 Å². The van der Waals surface area contributed by atoms with Gasteiger partial charge in [-0.2, -0.15) is 13.2 Å². The van der Waals surface area contributed by atoms with E-state index in [-0.39, 0.29) is 0 Å². The molecule has 3 aromatic rings. The van der Waals surface area contributed by atoms with Crippen LogP contribution in [0.1, 0.15) is 28.4 Å². The largest absolute Gasteiger partial charge is 0.416 e. The Morgan fingerprint density at radius 3 is 2.57 bits per heavy atom. The zero-order valence-electron chi connectivity index (χ0n) is 12.4. The molecule has 0 radical (unpaired) electrons. The van der Waals surface area contributed by atoms with Gasteiger partial charge in [0, 0.05) is 16.5 Å². The Morgan fingerprint density at radius 1 is 1.13 bits per heavy atom. The van der Waals surface area contributed by atoms with E-state index in [1.807, 2.05) is 25.1 Å². The highest BCUT2D eigenvalue weighted by molar-refractivity contribution is 6.04. The molecular formula is C18H14F3NO. The number of halogens is 3. The Morgan fingerprint density at radius 2 is 1.91 bits per heavy atom. The normalized spacial score (nSPS) is 11.8. The van der Waals surface area contributed by atoms with E-state index in [1.165, 1.54) is 6.07 Å². The molecule has 0 aliphatic heterocycles. The van der Waals surface area contributed by atoms with Crippen LogP contribution in [0.15, 0.2) is 42.5 Å². The van der Waals surface area contributed by atoms with Crippen LogP contribution >= 0.6 is 0 Å². The first kappa shape index (κ1) is 15.3. The van der Waals surface area contributed by atoms with Crippen LogP contribution < -0.4 is 0 Å². The lowest BCUT2D eigenvalue weighted by atomic mass is 10.0. The number of aromatic amines is 1. The number of carbonyl (C=O) groups excluding carboxylic acids is 1. The van der Waals surface area contributed by atoms with Crippen molar-refractivity contribution in [2.24, 2.45) is 0 Å². The summed E-state index contributed by atoms with van der Waals surface area (Å²) in [6, 6.07) is 10.7. The molecular weight excluding hydrogens is 303 g/mol. The highest BCUT2D eigenvalue weighted by atomic mass is 19.4. The fraction of sp³-hybridized carbons (Fsp3) is 0.167. The zero-order valence-corrected chi connectivity index (χ0v) is 12.4. The van der Waals surface area contributed by atoms with Crippen molar-refractivity contribution >= 4 is 17.2 Å². The van der Waals surface area contributed by atoms with Gasteiger partial charge in [0.1, 0.15) is 0 Å². The van der Waals surface area contributed by atoms with Gasteiger partial charge in [0.25, 0.3) is 0 Å². The summed E-state index contributed by atoms with van der Waals surface area (Å²) in [4.78, 5) is 14.6. The van der Waals surface area contributed by atoms with Crippen LogP contribution in [0.25, 0.3) is 22.2 Å². The van der Waals surface area contributed by atoms with E-state index in [0.29, 0.717) is 23.1 Å². The van der Waals surface area contributed by atoms with Crippen LogP contribution in [0.4, 0.5) is 13.2 Å². The maximum absolute atomic E-state index is 12.9. The van der Waals surface area contributed by atoms with Crippen LogP contribution in [-0.4, -0.2) is 11.3 Å². The first-order valence-electron chi connectivity index (χ1n) is 7.21. The van der Waals surface area contributed by atoms with Gasteiger partial charge in [0.2, 0.25) is 0 Å². The van der Waals surface area contributed by atoms with Crippen molar-refractivity contribution in [2.75, 3.05) is 0 Å². The van der Waals surface area contributed by atoms with Crippen LogP contribution in [0.5, 0.6) is 0 Å². The fourth-order valence-corrected chi connectivity index (χ4v) is 2.68. The van der Waals surface area contributed by atoms with E-state index in [2.05, 4.69) is 4.98 Å². The Balaban J connectivity index is 2.22. The molecule has 0 aliphatic rings. The van der Waals surface area contributed by atoms with Crippen molar-refractivity contribution in [3.63, 3.8) is 0 Å². The Bertz CT molecular complexity index is 878. The third kappa shape index (κ3) is 2.74. The predicted molar refractivity (Wildman–Crippen MR) is 83.5 cm³/mol. The number of aryl methyl sites for hydroxylation is 1. The Kier molecular flexibility index (Phi) is 3.72. The molecule has 118 valence electrons. The lowest BCUT2D eigenvalue weighted by molar-refractivity contribution is -0.137. The molecule has 1 N–H and O–H groups in total. The van der Waals surface area contributed by atoms with E-state index in [4.69, 9.17) is 0 Å². The van der Waals surface area contributed by atoms with Gasteiger partial charge < -0.3 is 4.98 Å². The van der Waals surface area contributed by atoms with Crippen molar-refractivity contribution in [1.29, 1.82) is 0 Å². The first-order valence-corrected chi connectivity index (χ1v) is 7.21. The number of aromatic nitrogens is 1. The molecule has 1 heterocycles. The molecule has 23 heavy (non-hydrogen) atoms. The lowest BCUT2D eigenvalue weighted by Crippen LogP contribution is -2.04. The van der Waals surface area contributed by atoms with Crippen LogP contribution in [0.2, 0.25) is 0 Å². The van der Waals surface area contributed by atoms with Gasteiger partial charge in [-0.05, 0) is 41.8 Å². The highest BCUT2D eigenvalue weighted by Crippen LogP contribution is 2.34. The minimum absolute atomic E-state index is 0.344. The molecule has 5 heteroatoms. The number of hydrogen-bond acceptors (Lipinski definition) is 1. The van der Waals surface area contributed by atoms with Crippen molar-refractivity contribution in [2.45, 2.75) is 19.5 Å². The van der Waals surface area contributed by atoms with Crippen molar-refractivity contribution in [3.05, 3.63) is 59.2 Å². The molecule has 0 atom stereocenters. The second kappa shape index (κ2) is 5.57. The van der Waals surface area contributed by atoms with E-state index in [1.54, 1.807) is 6.07 Å². The number of nitrogens with one attached hydrogen (secondary N) is 1. The fourth-order valence-electron chi connectivity index (χ4n) is 2.68. The Labute approximate surface area is 130 Å². The standard InChI is InChI=1S/C18H14F3NO/c1-2-11-6-7-16-14(8-11)15(10-23)17(22-16)12-4-3-5-13(9-12)18(19,20)21/h3-10,22H,2H2,1H3. The van der Waals surface area contributed by atoms with Crippen molar-refractivity contribution < 1.29 is 18.0 Å². The number of H-pyrrole nitrogens is 1. The minimum Gasteiger partial charge on any atom is -0.354 e. The maximum Gasteiger partial charge on any atom is 0.416 e. The van der Waals surface area contributed by atoms with Gasteiger partial charge in [-0.15, -0.1) is 0 Å². The quantitative estimate of drug-likeness (QED) is 0.659. The first-order chi connectivity index (χ1) is 10.9. The number of hydrogen-bond donors (Lipinski definition) is 1. The van der Waals surface area contributed by atoms with E-state index >= 15 is 0 Å². The zero-order chi connectivity index (χ0) is 16.6. The van der Waals surface area contributed by atoms with Gasteiger partial charge in [0.15, 0.2) is 6.29 Å². The molecule has 2 aromatic carbocycles. The summed E-state index contributed by atoms with van der Waals surface area (Å²) >= 11 is 0. The molecule has 0 aliphatic carbocycles. The topological polar surface area (TPSA) is 32.9 Å². The van der Waals surface area contributed by atoms with Crippen LogP contribution in [-0.2, 0) is 12.6 Å². The molecule has 0 fully saturated rings. The van der Waals surface area contributed by atoms with E-state index in [0.717, 1.165) is 35.0 Å². The molecule has 1 aromatic heterocycles. The number of carbonyl (C=O) groups is 1. The summed E-state index contributed by atoms with van der Waals surface area (Å²) in [5.74, 6) is 0. The number of aldehydes is 1. The third-order valence-electron chi connectivity index (χ3n) is 3.91. The van der Waals surface area contributed by atoms with E-state index < -0.39 is 11.7 Å². The molecule has 2 nitrogen and oxygen atoms in total. The van der Waals surface area contributed by atoms with Gasteiger partial charge in [-0.25, -0.2) is 0 Å². The number of rotatable bonds is 3. The van der Waals surface area contributed by atoms with Gasteiger partial charge in [-0.3, -0.25) is 4.79 Å². The monoisotopic (exact) mass is 317 g/mol. The predicted octanol–water partition coefficient (Wildman–Crippen LogP) is 5.23. The highest BCUT2D eigenvalue weighted by Gasteiger charge is 2.30. The molecule has 0 saturated carbocycles. The number of benzene rings is 2. The maximum atomic E-state index is 12.9. The Hall–Kier alpha value is -2.56. The van der Waals surface area contributed by atoms with Gasteiger partial charge >= 0.3 is 6.18 Å². The minimum atomic E-state index is -4.42. The van der Waals surface area contributed by atoms with Crippen LogP contribution in [0.3, 0.4) is 0 Å². The molecule has 0 saturated heterocycles. The molecule has 0 unspecified atom stereocenters. The average molecular weight is 317 g/mol. The molecule has 0 amide bonds. The molecule has 3 rings (SSSR count).